The van der Waals surface area contributed by atoms with Gasteiger partial charge in [0.25, 0.3) is 5.91 Å². The van der Waals surface area contributed by atoms with Gasteiger partial charge in [0.1, 0.15) is 11.5 Å². The molecule has 0 N–H and O–H groups in total. The van der Waals surface area contributed by atoms with E-state index in [1.165, 1.54) is 16.7 Å². The third-order valence-corrected chi connectivity index (χ3v) is 5.55. The van der Waals surface area contributed by atoms with Crippen LogP contribution in [-0.2, 0) is 9.53 Å². The summed E-state index contributed by atoms with van der Waals surface area (Å²) in [6, 6.07) is 12.3. The van der Waals surface area contributed by atoms with Crippen molar-refractivity contribution in [3.05, 3.63) is 58.5 Å². The molecule has 0 spiro atoms. The van der Waals surface area contributed by atoms with E-state index in [-0.39, 0.29) is 11.9 Å². The van der Waals surface area contributed by atoms with Crippen molar-refractivity contribution in [1.82, 2.24) is 4.90 Å². The number of carbonyl (C=O) groups excluding carboxylic acids is 2. The van der Waals surface area contributed by atoms with Crippen LogP contribution in [0.4, 0.5) is 5.69 Å². The van der Waals surface area contributed by atoms with Crippen LogP contribution in [0.25, 0.3) is 6.08 Å². The third kappa shape index (κ3) is 5.50. The molecular formula is C24H26N2O5S. The van der Waals surface area contributed by atoms with Crippen molar-refractivity contribution in [3.8, 4) is 11.5 Å². The molecule has 8 heteroatoms. The second kappa shape index (κ2) is 10.9. The van der Waals surface area contributed by atoms with Gasteiger partial charge in [-0.15, -0.1) is 0 Å². The van der Waals surface area contributed by atoms with Crippen LogP contribution in [0.15, 0.2) is 52.4 Å². The van der Waals surface area contributed by atoms with E-state index >= 15 is 0 Å². The summed E-state index contributed by atoms with van der Waals surface area (Å²) in [6.07, 6.45) is 1.80. The minimum Gasteiger partial charge on any atom is -0.494 e. The maximum Gasteiger partial charge on any atom is 0.338 e. The first-order chi connectivity index (χ1) is 15.5. The number of nitrogens with zero attached hydrogens (tertiary/aromatic N) is 2. The SMILES string of the molecule is CCOC(=O)c1ccc(N=C2S/C(=C/c3ccc(OCC)cc3OCC)C(=O)N2C)cc1. The molecule has 0 bridgehead atoms. The van der Waals surface area contributed by atoms with E-state index in [0.717, 1.165) is 5.56 Å². The first kappa shape index (κ1) is 23.4. The fourth-order valence-electron chi connectivity index (χ4n) is 2.96. The minimum absolute atomic E-state index is 0.145. The average molecular weight is 455 g/mol. The van der Waals surface area contributed by atoms with Gasteiger partial charge in [-0.05, 0) is 75.0 Å². The Bertz CT molecular complexity index is 1050. The monoisotopic (exact) mass is 454 g/mol. The predicted octanol–water partition coefficient (Wildman–Crippen LogP) is 4.89. The topological polar surface area (TPSA) is 77.4 Å². The Morgan fingerprint density at radius 3 is 2.41 bits per heavy atom. The van der Waals surface area contributed by atoms with Crippen LogP contribution in [0, 0.1) is 0 Å². The number of aliphatic imine (C=N–C) groups is 1. The van der Waals surface area contributed by atoms with Gasteiger partial charge in [-0.3, -0.25) is 9.69 Å². The first-order valence-corrected chi connectivity index (χ1v) is 11.2. The fraction of sp³-hybridized carbons (Fsp3) is 0.292. The van der Waals surface area contributed by atoms with Gasteiger partial charge < -0.3 is 14.2 Å². The number of hydrogen-bond donors (Lipinski definition) is 0. The summed E-state index contributed by atoms with van der Waals surface area (Å²) in [5.74, 6) is 0.851. The van der Waals surface area contributed by atoms with Gasteiger partial charge >= 0.3 is 5.97 Å². The van der Waals surface area contributed by atoms with E-state index in [0.29, 0.717) is 52.6 Å². The molecule has 1 aliphatic rings. The van der Waals surface area contributed by atoms with Crippen molar-refractivity contribution in [1.29, 1.82) is 0 Å². The number of rotatable bonds is 8. The quantitative estimate of drug-likeness (QED) is 0.417. The van der Waals surface area contributed by atoms with Gasteiger partial charge in [-0.1, -0.05) is 0 Å². The smallest absolute Gasteiger partial charge is 0.338 e. The van der Waals surface area contributed by atoms with Crippen molar-refractivity contribution < 1.29 is 23.8 Å². The molecule has 0 unspecified atom stereocenters. The highest BCUT2D eigenvalue weighted by atomic mass is 32.2. The Morgan fingerprint density at radius 2 is 1.75 bits per heavy atom. The molecule has 1 amide bonds. The summed E-state index contributed by atoms with van der Waals surface area (Å²) in [5, 5.41) is 0.550. The van der Waals surface area contributed by atoms with Crippen molar-refractivity contribution in [2.45, 2.75) is 20.8 Å². The van der Waals surface area contributed by atoms with Crippen molar-refractivity contribution in [3.63, 3.8) is 0 Å². The number of benzene rings is 2. The summed E-state index contributed by atoms with van der Waals surface area (Å²) in [7, 11) is 1.68. The first-order valence-electron chi connectivity index (χ1n) is 10.4. The molecule has 0 radical (unpaired) electrons. The number of likely N-dealkylation sites (N-methyl/N-ethyl adjacent to an activating group) is 1. The van der Waals surface area contributed by atoms with Crippen LogP contribution in [0.5, 0.6) is 11.5 Å². The number of esters is 1. The zero-order chi connectivity index (χ0) is 23.1. The zero-order valence-electron chi connectivity index (χ0n) is 18.6. The van der Waals surface area contributed by atoms with E-state index in [1.807, 2.05) is 32.0 Å². The molecule has 0 saturated carbocycles. The summed E-state index contributed by atoms with van der Waals surface area (Å²) in [5.41, 5.74) is 1.89. The van der Waals surface area contributed by atoms with Crippen LogP contribution in [0.1, 0.15) is 36.7 Å². The molecule has 3 rings (SSSR count). The molecular weight excluding hydrogens is 428 g/mol. The molecule has 1 heterocycles. The molecule has 2 aromatic rings. The molecule has 7 nitrogen and oxygen atoms in total. The van der Waals surface area contributed by atoms with Crippen LogP contribution in [0.2, 0.25) is 0 Å². The highest BCUT2D eigenvalue weighted by Gasteiger charge is 2.30. The molecule has 1 saturated heterocycles. The predicted molar refractivity (Wildman–Crippen MR) is 127 cm³/mol. The second-order valence-corrected chi connectivity index (χ2v) is 7.71. The largest absolute Gasteiger partial charge is 0.494 e. The van der Waals surface area contributed by atoms with Crippen molar-refractivity contribution >= 4 is 40.6 Å². The Hall–Kier alpha value is -3.26. The lowest BCUT2D eigenvalue weighted by Gasteiger charge is -2.10. The molecule has 0 aromatic heterocycles. The summed E-state index contributed by atoms with van der Waals surface area (Å²) >= 11 is 1.29. The summed E-state index contributed by atoms with van der Waals surface area (Å²) < 4.78 is 16.3. The number of carbonyl (C=O) groups is 2. The van der Waals surface area contributed by atoms with Gasteiger partial charge in [0, 0.05) is 18.7 Å². The van der Waals surface area contributed by atoms with Crippen LogP contribution < -0.4 is 9.47 Å². The van der Waals surface area contributed by atoms with Crippen LogP contribution in [0.3, 0.4) is 0 Å². The fourth-order valence-corrected chi connectivity index (χ4v) is 3.94. The van der Waals surface area contributed by atoms with Gasteiger partial charge in [-0.2, -0.15) is 0 Å². The molecule has 32 heavy (non-hydrogen) atoms. The highest BCUT2D eigenvalue weighted by molar-refractivity contribution is 8.18. The standard InChI is InChI=1S/C24H26N2O5S/c1-5-29-19-13-10-17(20(15-19)30-6-2)14-21-22(27)26(4)24(32-21)25-18-11-8-16(9-12-18)23(28)31-7-3/h8-15H,5-7H2,1-4H3/b21-14+,25-24?. The Balaban J connectivity index is 1.84. The lowest BCUT2D eigenvalue weighted by Crippen LogP contribution is -2.23. The van der Waals surface area contributed by atoms with Crippen molar-refractivity contribution in [2.75, 3.05) is 26.9 Å². The Morgan fingerprint density at radius 1 is 1.03 bits per heavy atom. The van der Waals surface area contributed by atoms with Gasteiger partial charge in [0.15, 0.2) is 5.17 Å². The number of hydrogen-bond acceptors (Lipinski definition) is 7. The maximum atomic E-state index is 12.8. The third-order valence-electron chi connectivity index (χ3n) is 4.49. The number of amides is 1. The molecule has 1 aliphatic heterocycles. The lowest BCUT2D eigenvalue weighted by atomic mass is 10.1. The Kier molecular flexibility index (Phi) is 7.94. The Labute approximate surface area is 192 Å². The number of amidine groups is 1. The summed E-state index contributed by atoms with van der Waals surface area (Å²) in [6.45, 7) is 6.97. The molecule has 0 atom stereocenters. The van der Waals surface area contributed by atoms with E-state index in [4.69, 9.17) is 14.2 Å². The lowest BCUT2D eigenvalue weighted by molar-refractivity contribution is -0.121. The van der Waals surface area contributed by atoms with E-state index in [1.54, 1.807) is 44.3 Å². The van der Waals surface area contributed by atoms with E-state index < -0.39 is 0 Å². The second-order valence-electron chi connectivity index (χ2n) is 6.70. The molecule has 0 aliphatic carbocycles. The number of thioether (sulfide) groups is 1. The normalized spacial score (nSPS) is 16.0. The van der Waals surface area contributed by atoms with Gasteiger partial charge in [0.2, 0.25) is 0 Å². The summed E-state index contributed by atoms with van der Waals surface area (Å²) in [4.78, 5) is 31.2. The van der Waals surface area contributed by atoms with Crippen LogP contribution in [-0.4, -0.2) is 48.8 Å². The van der Waals surface area contributed by atoms with Gasteiger partial charge in [-0.25, -0.2) is 9.79 Å². The zero-order valence-corrected chi connectivity index (χ0v) is 19.4. The molecule has 1 fully saturated rings. The average Bonchev–Trinajstić information content (AvgIpc) is 3.04. The molecule has 168 valence electrons. The highest BCUT2D eigenvalue weighted by Crippen LogP contribution is 2.35. The van der Waals surface area contributed by atoms with Crippen molar-refractivity contribution in [2.24, 2.45) is 4.99 Å². The van der Waals surface area contributed by atoms with Crippen LogP contribution >= 0.6 is 11.8 Å². The van der Waals surface area contributed by atoms with Gasteiger partial charge in [0.05, 0.1) is 36.0 Å². The maximum absolute atomic E-state index is 12.8. The molecule has 2 aromatic carbocycles. The van der Waals surface area contributed by atoms with E-state index in [9.17, 15) is 9.59 Å². The van der Waals surface area contributed by atoms with E-state index in [2.05, 4.69) is 4.99 Å². The minimum atomic E-state index is -0.375. The number of ether oxygens (including phenoxy) is 3.